The zero-order valence-electron chi connectivity index (χ0n) is 10.6. The van der Waals surface area contributed by atoms with E-state index in [1.54, 1.807) is 6.07 Å². The molecule has 6 heteroatoms. The average molecular weight is 251 g/mol. The van der Waals surface area contributed by atoms with Gasteiger partial charge in [-0.15, -0.1) is 0 Å². The number of amides is 1. The minimum absolute atomic E-state index is 0.0269. The van der Waals surface area contributed by atoms with E-state index in [-0.39, 0.29) is 11.8 Å². The number of piperidine rings is 1. The Morgan fingerprint density at radius 2 is 2.33 bits per heavy atom. The van der Waals surface area contributed by atoms with Gasteiger partial charge in [-0.3, -0.25) is 9.48 Å². The second-order valence-electron chi connectivity index (χ2n) is 4.90. The van der Waals surface area contributed by atoms with E-state index in [4.69, 9.17) is 11.5 Å². The van der Waals surface area contributed by atoms with Gasteiger partial charge in [0.05, 0.1) is 5.92 Å². The number of carbonyl (C=O) groups is 1. The average Bonchev–Trinajstić information content (AvgIpc) is 2.75. The summed E-state index contributed by atoms with van der Waals surface area (Å²) < 4.78 is 1.85. The number of rotatable bonds is 5. The summed E-state index contributed by atoms with van der Waals surface area (Å²) in [5.74, 6) is 0.417. The molecule has 1 saturated heterocycles. The zero-order chi connectivity index (χ0) is 13.0. The first-order valence-corrected chi connectivity index (χ1v) is 6.46. The molecule has 100 valence electrons. The molecule has 2 heterocycles. The van der Waals surface area contributed by atoms with Crippen LogP contribution in [0.5, 0.6) is 0 Å². The molecule has 1 aliphatic rings. The first-order chi connectivity index (χ1) is 8.65. The summed E-state index contributed by atoms with van der Waals surface area (Å²) in [6, 6.07) is 1.80. The van der Waals surface area contributed by atoms with Crippen LogP contribution in [-0.2, 0) is 11.3 Å². The number of aromatic nitrogens is 2. The number of nitrogen functional groups attached to an aromatic ring is 1. The van der Waals surface area contributed by atoms with Crippen molar-refractivity contribution >= 4 is 11.7 Å². The lowest BCUT2D eigenvalue weighted by Crippen LogP contribution is -2.41. The molecule has 1 aromatic heterocycles. The van der Waals surface area contributed by atoms with Gasteiger partial charge in [0.15, 0.2) is 0 Å². The molecular formula is C12H21N5O. The van der Waals surface area contributed by atoms with Gasteiger partial charge in [0, 0.05) is 19.3 Å². The van der Waals surface area contributed by atoms with E-state index < -0.39 is 0 Å². The number of carbonyl (C=O) groups excluding carboxylic acids is 1. The Morgan fingerprint density at radius 1 is 1.50 bits per heavy atom. The van der Waals surface area contributed by atoms with Gasteiger partial charge in [-0.1, -0.05) is 0 Å². The number of likely N-dealkylation sites (tertiary alicyclic amines) is 1. The number of anilines is 1. The van der Waals surface area contributed by atoms with Crippen LogP contribution in [0.2, 0.25) is 0 Å². The molecule has 1 amide bonds. The monoisotopic (exact) mass is 251 g/mol. The van der Waals surface area contributed by atoms with Crippen molar-refractivity contribution in [2.75, 3.05) is 25.4 Å². The molecule has 0 bridgehead atoms. The number of nitrogens with zero attached hydrogens (tertiary/aromatic N) is 3. The van der Waals surface area contributed by atoms with E-state index in [2.05, 4.69) is 10.00 Å². The Morgan fingerprint density at radius 3 is 3.00 bits per heavy atom. The predicted octanol–water partition coefficient (Wildman–Crippen LogP) is 0.0527. The molecule has 18 heavy (non-hydrogen) atoms. The molecule has 1 atom stereocenters. The van der Waals surface area contributed by atoms with Crippen molar-refractivity contribution in [3.8, 4) is 0 Å². The molecule has 2 rings (SSSR count). The summed E-state index contributed by atoms with van der Waals surface area (Å²) >= 11 is 0. The molecule has 0 aliphatic carbocycles. The van der Waals surface area contributed by atoms with Gasteiger partial charge in [-0.2, -0.15) is 5.10 Å². The van der Waals surface area contributed by atoms with E-state index in [0.717, 1.165) is 45.4 Å². The molecule has 0 spiro atoms. The lowest BCUT2D eigenvalue weighted by atomic mass is 9.97. The van der Waals surface area contributed by atoms with Crippen LogP contribution in [-0.4, -0.2) is 40.2 Å². The van der Waals surface area contributed by atoms with Crippen LogP contribution in [0.15, 0.2) is 12.3 Å². The minimum atomic E-state index is -0.167. The molecule has 1 unspecified atom stereocenters. The first-order valence-electron chi connectivity index (χ1n) is 6.46. The van der Waals surface area contributed by atoms with Crippen molar-refractivity contribution in [3.05, 3.63) is 12.3 Å². The lowest BCUT2D eigenvalue weighted by Gasteiger charge is -2.31. The van der Waals surface area contributed by atoms with Gasteiger partial charge in [0.2, 0.25) is 5.91 Å². The van der Waals surface area contributed by atoms with Crippen LogP contribution < -0.4 is 11.5 Å². The van der Waals surface area contributed by atoms with Crippen molar-refractivity contribution in [1.29, 1.82) is 0 Å². The second kappa shape index (κ2) is 5.86. The largest absolute Gasteiger partial charge is 0.382 e. The first kappa shape index (κ1) is 12.9. The third-order valence-electron chi connectivity index (χ3n) is 3.43. The van der Waals surface area contributed by atoms with Crippen molar-refractivity contribution < 1.29 is 4.79 Å². The summed E-state index contributed by atoms with van der Waals surface area (Å²) in [4.78, 5) is 13.5. The summed E-state index contributed by atoms with van der Waals surface area (Å²) in [5, 5.41) is 4.14. The topological polar surface area (TPSA) is 90.2 Å². The Balaban J connectivity index is 1.71. The molecular weight excluding hydrogens is 230 g/mol. The van der Waals surface area contributed by atoms with Gasteiger partial charge in [-0.25, -0.2) is 0 Å². The summed E-state index contributed by atoms with van der Waals surface area (Å²) in [6.07, 6.45) is 4.88. The third-order valence-corrected chi connectivity index (χ3v) is 3.43. The highest BCUT2D eigenvalue weighted by molar-refractivity contribution is 5.76. The van der Waals surface area contributed by atoms with Crippen LogP contribution >= 0.6 is 0 Å². The van der Waals surface area contributed by atoms with Crippen LogP contribution in [0.25, 0.3) is 0 Å². The van der Waals surface area contributed by atoms with Crippen LogP contribution in [0.3, 0.4) is 0 Å². The fraction of sp³-hybridized carbons (Fsp3) is 0.667. The molecule has 1 aliphatic heterocycles. The molecule has 0 aromatic carbocycles. The molecule has 4 N–H and O–H groups in total. The Kier molecular flexibility index (Phi) is 4.19. The highest BCUT2D eigenvalue weighted by Gasteiger charge is 2.23. The van der Waals surface area contributed by atoms with Gasteiger partial charge < -0.3 is 16.4 Å². The maximum atomic E-state index is 11.2. The Hall–Kier alpha value is -1.56. The molecule has 0 saturated carbocycles. The molecule has 6 nitrogen and oxygen atoms in total. The van der Waals surface area contributed by atoms with E-state index in [1.807, 2.05) is 10.9 Å². The van der Waals surface area contributed by atoms with E-state index in [0.29, 0.717) is 5.82 Å². The maximum absolute atomic E-state index is 11.2. The fourth-order valence-corrected chi connectivity index (χ4v) is 2.45. The molecule has 1 fully saturated rings. The lowest BCUT2D eigenvalue weighted by molar-refractivity contribution is -0.123. The maximum Gasteiger partial charge on any atom is 0.221 e. The fourth-order valence-electron chi connectivity index (χ4n) is 2.45. The predicted molar refractivity (Wildman–Crippen MR) is 69.6 cm³/mol. The van der Waals surface area contributed by atoms with Crippen molar-refractivity contribution in [2.45, 2.75) is 25.8 Å². The number of nitrogens with two attached hydrogens (primary N) is 2. The van der Waals surface area contributed by atoms with Gasteiger partial charge in [0.25, 0.3) is 0 Å². The summed E-state index contributed by atoms with van der Waals surface area (Å²) in [5.41, 5.74) is 10.9. The van der Waals surface area contributed by atoms with Crippen molar-refractivity contribution in [2.24, 2.45) is 11.7 Å². The standard InChI is InChI=1S/C12H21N5O/c13-11-4-8-17(15-11)7-2-6-16-5-1-3-10(9-16)12(14)18/h4,8,10H,1-3,5-7,9H2,(H2,13,15)(H2,14,18). The zero-order valence-corrected chi connectivity index (χ0v) is 10.6. The number of hydrogen-bond donors (Lipinski definition) is 2. The van der Waals surface area contributed by atoms with Crippen LogP contribution in [0, 0.1) is 5.92 Å². The summed E-state index contributed by atoms with van der Waals surface area (Å²) in [7, 11) is 0. The van der Waals surface area contributed by atoms with Crippen LogP contribution in [0.4, 0.5) is 5.82 Å². The summed E-state index contributed by atoms with van der Waals surface area (Å²) in [6.45, 7) is 3.69. The minimum Gasteiger partial charge on any atom is -0.382 e. The van der Waals surface area contributed by atoms with Gasteiger partial charge in [0.1, 0.15) is 5.82 Å². The highest BCUT2D eigenvalue weighted by Crippen LogP contribution is 2.16. The van der Waals surface area contributed by atoms with Gasteiger partial charge in [-0.05, 0) is 38.4 Å². The SMILES string of the molecule is NC(=O)C1CCCN(CCCn2ccc(N)n2)C1. The van der Waals surface area contributed by atoms with Crippen molar-refractivity contribution in [1.82, 2.24) is 14.7 Å². The van der Waals surface area contributed by atoms with Crippen molar-refractivity contribution in [3.63, 3.8) is 0 Å². The highest BCUT2D eigenvalue weighted by atomic mass is 16.1. The molecule has 1 aromatic rings. The van der Waals surface area contributed by atoms with Gasteiger partial charge >= 0.3 is 0 Å². The Bertz CT molecular complexity index is 403. The normalized spacial score (nSPS) is 21.0. The van der Waals surface area contributed by atoms with E-state index >= 15 is 0 Å². The van der Waals surface area contributed by atoms with E-state index in [9.17, 15) is 4.79 Å². The second-order valence-corrected chi connectivity index (χ2v) is 4.90. The number of aryl methyl sites for hydroxylation is 1. The number of hydrogen-bond acceptors (Lipinski definition) is 4. The van der Waals surface area contributed by atoms with Crippen LogP contribution in [0.1, 0.15) is 19.3 Å². The van der Waals surface area contributed by atoms with E-state index in [1.165, 1.54) is 0 Å². The Labute approximate surface area is 107 Å². The smallest absolute Gasteiger partial charge is 0.221 e. The quantitative estimate of drug-likeness (QED) is 0.774. The number of primary amides is 1. The third kappa shape index (κ3) is 3.46. The molecule has 0 radical (unpaired) electrons.